The molecular formula is C10H16N4O. The van der Waals surface area contributed by atoms with Crippen molar-refractivity contribution in [3.8, 4) is 0 Å². The molecule has 82 valence electrons. The average Bonchev–Trinajstić information content (AvgIpc) is 2.26. The number of hydrogen-bond donors (Lipinski definition) is 0. The molecule has 0 bridgehead atoms. The summed E-state index contributed by atoms with van der Waals surface area (Å²) in [6, 6.07) is 0. The second-order valence-corrected chi connectivity index (χ2v) is 3.66. The summed E-state index contributed by atoms with van der Waals surface area (Å²) in [5, 5.41) is 0. The third kappa shape index (κ3) is 3.63. The van der Waals surface area contributed by atoms with Crippen molar-refractivity contribution in [1.82, 2.24) is 14.9 Å². The van der Waals surface area contributed by atoms with Gasteiger partial charge in [-0.25, -0.2) is 9.97 Å². The van der Waals surface area contributed by atoms with Gasteiger partial charge in [-0.2, -0.15) is 0 Å². The van der Waals surface area contributed by atoms with E-state index in [1.165, 1.54) is 12.4 Å². The van der Waals surface area contributed by atoms with Crippen LogP contribution in [0.25, 0.3) is 0 Å². The number of aromatic nitrogens is 2. The van der Waals surface area contributed by atoms with Crippen LogP contribution in [0.4, 0.5) is 5.95 Å². The van der Waals surface area contributed by atoms with Crippen LogP contribution in [-0.4, -0.2) is 55.4 Å². The van der Waals surface area contributed by atoms with Gasteiger partial charge in [0.05, 0.1) is 5.56 Å². The Morgan fingerprint density at radius 1 is 1.20 bits per heavy atom. The third-order valence-corrected chi connectivity index (χ3v) is 2.02. The Bertz CT molecular complexity index is 310. The van der Waals surface area contributed by atoms with Crippen LogP contribution in [0.5, 0.6) is 0 Å². The summed E-state index contributed by atoms with van der Waals surface area (Å²) in [6.45, 7) is 1.79. The lowest BCUT2D eigenvalue weighted by molar-refractivity contribution is 0.112. The molecule has 1 heterocycles. The van der Waals surface area contributed by atoms with Crippen LogP contribution in [0, 0.1) is 0 Å². The quantitative estimate of drug-likeness (QED) is 0.651. The summed E-state index contributed by atoms with van der Waals surface area (Å²) in [5.74, 6) is 0.641. The highest BCUT2D eigenvalue weighted by molar-refractivity contribution is 5.73. The number of anilines is 1. The smallest absolute Gasteiger partial charge is 0.225 e. The zero-order chi connectivity index (χ0) is 11.3. The number of hydrogen-bond acceptors (Lipinski definition) is 5. The molecule has 0 aliphatic carbocycles. The molecule has 0 atom stereocenters. The molecule has 5 nitrogen and oxygen atoms in total. The fourth-order valence-electron chi connectivity index (χ4n) is 1.04. The van der Waals surface area contributed by atoms with Gasteiger partial charge in [0.15, 0.2) is 6.29 Å². The van der Waals surface area contributed by atoms with E-state index in [1.54, 1.807) is 0 Å². The second-order valence-electron chi connectivity index (χ2n) is 3.66. The molecule has 0 saturated carbocycles. The predicted molar refractivity (Wildman–Crippen MR) is 59.2 cm³/mol. The molecule has 0 spiro atoms. The van der Waals surface area contributed by atoms with Crippen molar-refractivity contribution in [3.63, 3.8) is 0 Å². The summed E-state index contributed by atoms with van der Waals surface area (Å²) >= 11 is 0. The predicted octanol–water partition coefficient (Wildman–Crippen LogP) is 0.287. The van der Waals surface area contributed by atoms with Gasteiger partial charge in [0.1, 0.15) is 0 Å². The molecule has 0 aromatic carbocycles. The molecule has 5 heteroatoms. The van der Waals surface area contributed by atoms with Gasteiger partial charge in [0, 0.05) is 32.5 Å². The lowest BCUT2D eigenvalue weighted by Gasteiger charge is -2.19. The lowest BCUT2D eigenvalue weighted by atomic mass is 10.4. The maximum atomic E-state index is 10.4. The number of likely N-dealkylation sites (N-methyl/N-ethyl adjacent to an activating group) is 2. The maximum Gasteiger partial charge on any atom is 0.225 e. The third-order valence-electron chi connectivity index (χ3n) is 2.02. The fraction of sp³-hybridized carbons (Fsp3) is 0.500. The Balaban J connectivity index is 2.57. The normalized spacial score (nSPS) is 10.4. The standard InChI is InChI=1S/C10H16N4O/c1-13(2)4-5-14(3)10-11-6-9(8-15)7-12-10/h6-8H,4-5H2,1-3H3. The lowest BCUT2D eigenvalue weighted by Crippen LogP contribution is -2.29. The number of carbonyl (C=O) groups excluding carboxylic acids is 1. The number of nitrogens with zero attached hydrogens (tertiary/aromatic N) is 4. The Morgan fingerprint density at radius 2 is 1.80 bits per heavy atom. The van der Waals surface area contributed by atoms with Crippen LogP contribution >= 0.6 is 0 Å². The Kier molecular flexibility index (Phi) is 4.17. The highest BCUT2D eigenvalue weighted by Crippen LogP contribution is 2.03. The van der Waals surface area contributed by atoms with E-state index < -0.39 is 0 Å². The van der Waals surface area contributed by atoms with E-state index in [0.717, 1.165) is 19.4 Å². The summed E-state index contributed by atoms with van der Waals surface area (Å²) in [4.78, 5) is 22.6. The van der Waals surface area contributed by atoms with Gasteiger partial charge < -0.3 is 9.80 Å². The summed E-state index contributed by atoms with van der Waals surface area (Å²) < 4.78 is 0. The minimum atomic E-state index is 0.500. The van der Waals surface area contributed by atoms with Crippen LogP contribution in [0.15, 0.2) is 12.4 Å². The van der Waals surface area contributed by atoms with Gasteiger partial charge in [0.2, 0.25) is 5.95 Å². The maximum absolute atomic E-state index is 10.4. The summed E-state index contributed by atoms with van der Waals surface area (Å²) in [6.07, 6.45) is 3.80. The zero-order valence-corrected chi connectivity index (χ0v) is 9.34. The molecule has 0 aliphatic rings. The molecule has 0 fully saturated rings. The van der Waals surface area contributed by atoms with Gasteiger partial charge in [0.25, 0.3) is 0 Å². The van der Waals surface area contributed by atoms with Crippen LogP contribution in [0.1, 0.15) is 10.4 Å². The second kappa shape index (κ2) is 5.41. The Hall–Kier alpha value is -1.49. The minimum Gasteiger partial charge on any atom is -0.343 e. The zero-order valence-electron chi connectivity index (χ0n) is 9.34. The van der Waals surface area contributed by atoms with Crippen molar-refractivity contribution >= 4 is 12.2 Å². The van der Waals surface area contributed by atoms with Crippen molar-refractivity contribution in [2.75, 3.05) is 39.1 Å². The molecule has 1 rings (SSSR count). The molecule has 0 aliphatic heterocycles. The van der Waals surface area contributed by atoms with Gasteiger partial charge in [-0.05, 0) is 14.1 Å². The number of carbonyl (C=O) groups is 1. The first-order chi connectivity index (χ1) is 7.13. The van der Waals surface area contributed by atoms with E-state index in [4.69, 9.17) is 0 Å². The molecule has 0 N–H and O–H groups in total. The van der Waals surface area contributed by atoms with Crippen molar-refractivity contribution in [3.05, 3.63) is 18.0 Å². The molecular weight excluding hydrogens is 192 g/mol. The first-order valence-corrected chi connectivity index (χ1v) is 4.76. The highest BCUT2D eigenvalue weighted by Gasteiger charge is 2.03. The van der Waals surface area contributed by atoms with E-state index in [1.807, 2.05) is 26.0 Å². The molecule has 1 aromatic heterocycles. The summed E-state index contributed by atoms with van der Waals surface area (Å²) in [7, 11) is 5.97. The largest absolute Gasteiger partial charge is 0.343 e. The van der Waals surface area contributed by atoms with E-state index in [2.05, 4.69) is 14.9 Å². The van der Waals surface area contributed by atoms with Crippen molar-refractivity contribution in [2.45, 2.75) is 0 Å². The minimum absolute atomic E-state index is 0.500. The van der Waals surface area contributed by atoms with Gasteiger partial charge in [-0.1, -0.05) is 0 Å². The van der Waals surface area contributed by atoms with Crippen LogP contribution in [-0.2, 0) is 0 Å². The molecule has 0 unspecified atom stereocenters. The Labute approximate surface area is 89.7 Å². The van der Waals surface area contributed by atoms with Crippen LogP contribution < -0.4 is 4.90 Å². The highest BCUT2D eigenvalue weighted by atomic mass is 16.1. The van der Waals surface area contributed by atoms with Crippen LogP contribution in [0.2, 0.25) is 0 Å². The summed E-state index contributed by atoms with van der Waals surface area (Å²) in [5.41, 5.74) is 0.500. The SMILES string of the molecule is CN(C)CCN(C)c1ncc(C=O)cn1. The van der Waals surface area contributed by atoms with E-state index in [-0.39, 0.29) is 0 Å². The molecule has 15 heavy (non-hydrogen) atoms. The average molecular weight is 208 g/mol. The van der Waals surface area contributed by atoms with Crippen LogP contribution in [0.3, 0.4) is 0 Å². The molecule has 0 radical (unpaired) electrons. The van der Waals surface area contributed by atoms with Crippen molar-refractivity contribution in [2.24, 2.45) is 0 Å². The first-order valence-electron chi connectivity index (χ1n) is 4.76. The molecule has 0 amide bonds. The fourth-order valence-corrected chi connectivity index (χ4v) is 1.04. The van der Waals surface area contributed by atoms with Crippen molar-refractivity contribution < 1.29 is 4.79 Å². The van der Waals surface area contributed by atoms with E-state index in [9.17, 15) is 4.79 Å². The van der Waals surface area contributed by atoms with E-state index >= 15 is 0 Å². The molecule has 1 aromatic rings. The van der Waals surface area contributed by atoms with Gasteiger partial charge in [-0.15, -0.1) is 0 Å². The van der Waals surface area contributed by atoms with Crippen molar-refractivity contribution in [1.29, 1.82) is 0 Å². The molecule has 0 saturated heterocycles. The first kappa shape index (κ1) is 11.6. The van der Waals surface area contributed by atoms with Gasteiger partial charge >= 0.3 is 0 Å². The van der Waals surface area contributed by atoms with E-state index in [0.29, 0.717) is 11.5 Å². The number of rotatable bonds is 5. The number of aldehydes is 1. The monoisotopic (exact) mass is 208 g/mol. The topological polar surface area (TPSA) is 49.3 Å². The van der Waals surface area contributed by atoms with Gasteiger partial charge in [-0.3, -0.25) is 4.79 Å². The Morgan fingerprint density at radius 3 is 2.27 bits per heavy atom.